The van der Waals surface area contributed by atoms with Gasteiger partial charge in [-0.3, -0.25) is 9.59 Å². The van der Waals surface area contributed by atoms with E-state index in [1.165, 1.54) is 12.1 Å². The molecule has 0 atom stereocenters. The van der Waals surface area contributed by atoms with Gasteiger partial charge in [-0.1, -0.05) is 11.8 Å². The molecule has 242 valence electrons. The molecule has 0 spiro atoms. The molecule has 6 nitrogen and oxygen atoms in total. The zero-order chi connectivity index (χ0) is 33.5. The quantitative estimate of drug-likeness (QED) is 0.0518. The summed E-state index contributed by atoms with van der Waals surface area (Å²) >= 11 is 0. The Morgan fingerprint density at radius 3 is 1.98 bits per heavy atom. The first kappa shape index (κ1) is 34.0. The SMILES string of the molecule is Cc1c(CCCC(=O)O)c2c(F)ccc(C#Cc3ccc(OCCCCc4c(F)c(F)c(F)c(F)c4F)cc3)c2n1CCC(=O)O. The molecule has 0 aliphatic rings. The van der Waals surface area contributed by atoms with Gasteiger partial charge < -0.3 is 19.5 Å². The van der Waals surface area contributed by atoms with Crippen molar-refractivity contribution in [1.82, 2.24) is 4.57 Å². The lowest BCUT2D eigenvalue weighted by molar-refractivity contribution is -0.138. The molecule has 0 amide bonds. The standard InChI is InChI=1S/C34H29F6NO5/c1-19-23(6-4-7-26(42)43)28-25(35)15-12-21(34(28)41(19)17-16-27(44)45)11-8-20-9-13-22(14-10-20)46-18-3-2-5-24-29(36)31(38)33(40)32(39)30(24)37/h9-10,12-15H,2-7,16-18H2,1H3,(H,42,43)(H,44,45). The van der Waals surface area contributed by atoms with Crippen LogP contribution >= 0.6 is 0 Å². The highest BCUT2D eigenvalue weighted by Gasteiger charge is 2.25. The molecule has 0 aliphatic carbocycles. The van der Waals surface area contributed by atoms with Crippen LogP contribution in [0.25, 0.3) is 10.9 Å². The van der Waals surface area contributed by atoms with Crippen molar-refractivity contribution in [1.29, 1.82) is 0 Å². The summed E-state index contributed by atoms with van der Waals surface area (Å²) < 4.78 is 90.1. The summed E-state index contributed by atoms with van der Waals surface area (Å²) in [5, 5.41) is 18.6. The van der Waals surface area contributed by atoms with Crippen LogP contribution in [-0.4, -0.2) is 33.3 Å². The molecule has 0 radical (unpaired) electrons. The van der Waals surface area contributed by atoms with Crippen LogP contribution in [0.1, 0.15) is 60.1 Å². The number of carboxylic acid groups (broad SMARTS) is 2. The third-order valence-corrected chi connectivity index (χ3v) is 7.49. The van der Waals surface area contributed by atoms with Crippen LogP contribution in [0, 0.1) is 53.7 Å². The van der Waals surface area contributed by atoms with Crippen molar-refractivity contribution in [3.8, 4) is 17.6 Å². The summed E-state index contributed by atoms with van der Waals surface area (Å²) in [6, 6.07) is 9.39. The minimum absolute atomic E-state index is 0.0717. The molecule has 3 aromatic carbocycles. The second-order valence-corrected chi connectivity index (χ2v) is 10.6. The number of halogens is 6. The number of carbonyl (C=O) groups is 2. The summed E-state index contributed by atoms with van der Waals surface area (Å²) in [6.07, 6.45) is 0.305. The summed E-state index contributed by atoms with van der Waals surface area (Å²) in [5.41, 5.74) is 1.86. The maximum Gasteiger partial charge on any atom is 0.305 e. The van der Waals surface area contributed by atoms with Gasteiger partial charge in [-0.15, -0.1) is 0 Å². The number of aryl methyl sites for hydroxylation is 2. The Labute approximate surface area is 260 Å². The number of fused-ring (bicyclic) bond motifs is 1. The van der Waals surface area contributed by atoms with Crippen LogP contribution in [-0.2, 0) is 29.0 Å². The van der Waals surface area contributed by atoms with E-state index in [0.717, 1.165) is 0 Å². The zero-order valence-electron chi connectivity index (χ0n) is 24.7. The van der Waals surface area contributed by atoms with E-state index in [4.69, 9.17) is 9.84 Å². The Morgan fingerprint density at radius 2 is 1.35 bits per heavy atom. The molecule has 46 heavy (non-hydrogen) atoms. The average molecular weight is 646 g/mol. The highest BCUT2D eigenvalue weighted by atomic mass is 19.2. The molecule has 4 rings (SSSR count). The average Bonchev–Trinajstić information content (AvgIpc) is 3.31. The fourth-order valence-corrected chi connectivity index (χ4v) is 5.19. The summed E-state index contributed by atoms with van der Waals surface area (Å²) in [5.74, 6) is -5.85. The minimum atomic E-state index is -2.19. The van der Waals surface area contributed by atoms with Crippen molar-refractivity contribution >= 4 is 22.8 Å². The van der Waals surface area contributed by atoms with Crippen LogP contribution in [0.3, 0.4) is 0 Å². The normalized spacial score (nSPS) is 11.0. The molecule has 1 heterocycles. The monoisotopic (exact) mass is 645 g/mol. The highest BCUT2D eigenvalue weighted by Crippen LogP contribution is 2.32. The van der Waals surface area contributed by atoms with Crippen molar-refractivity contribution < 1.29 is 50.9 Å². The molecule has 0 saturated carbocycles. The second-order valence-electron chi connectivity index (χ2n) is 10.6. The van der Waals surface area contributed by atoms with E-state index in [-0.39, 0.29) is 57.1 Å². The number of rotatable bonds is 13. The molecule has 0 saturated heterocycles. The molecular formula is C34H29F6NO5. The number of hydrogen-bond donors (Lipinski definition) is 2. The maximum atomic E-state index is 15.1. The zero-order valence-corrected chi connectivity index (χ0v) is 24.7. The maximum absolute atomic E-state index is 15.1. The minimum Gasteiger partial charge on any atom is -0.494 e. The van der Waals surface area contributed by atoms with Gasteiger partial charge >= 0.3 is 11.9 Å². The van der Waals surface area contributed by atoms with Crippen LogP contribution in [0.5, 0.6) is 5.75 Å². The molecule has 12 heteroatoms. The van der Waals surface area contributed by atoms with Crippen LogP contribution in [0.15, 0.2) is 36.4 Å². The summed E-state index contributed by atoms with van der Waals surface area (Å²) in [7, 11) is 0. The second kappa shape index (κ2) is 14.9. The third kappa shape index (κ3) is 7.65. The Morgan fingerprint density at radius 1 is 0.739 bits per heavy atom. The van der Waals surface area contributed by atoms with E-state index in [1.807, 2.05) is 0 Å². The Balaban J connectivity index is 1.46. The number of unbranched alkanes of at least 4 members (excludes halogenated alkanes) is 1. The van der Waals surface area contributed by atoms with Gasteiger partial charge in [-0.25, -0.2) is 26.3 Å². The van der Waals surface area contributed by atoms with Gasteiger partial charge in [0.2, 0.25) is 5.82 Å². The lowest BCUT2D eigenvalue weighted by Gasteiger charge is -2.09. The van der Waals surface area contributed by atoms with E-state index >= 15 is 4.39 Å². The molecule has 1 aromatic heterocycles. The van der Waals surface area contributed by atoms with Gasteiger partial charge in [0.25, 0.3) is 0 Å². The number of ether oxygens (including phenoxy) is 1. The Kier molecular flexibility index (Phi) is 11.0. The lowest BCUT2D eigenvalue weighted by atomic mass is 10.0. The number of nitrogens with zero attached hydrogens (tertiary/aromatic N) is 1. The summed E-state index contributed by atoms with van der Waals surface area (Å²) in [6.45, 7) is 1.93. The highest BCUT2D eigenvalue weighted by molar-refractivity contribution is 5.91. The molecular weight excluding hydrogens is 616 g/mol. The van der Waals surface area contributed by atoms with Crippen molar-refractivity contribution in [2.45, 2.75) is 58.4 Å². The Bertz CT molecular complexity index is 1810. The summed E-state index contributed by atoms with van der Waals surface area (Å²) in [4.78, 5) is 22.4. The van der Waals surface area contributed by atoms with Gasteiger partial charge in [0.1, 0.15) is 11.6 Å². The van der Waals surface area contributed by atoms with Crippen molar-refractivity contribution in [3.05, 3.63) is 99.2 Å². The van der Waals surface area contributed by atoms with Crippen LogP contribution in [0.2, 0.25) is 0 Å². The fraction of sp³-hybridized carbons (Fsp3) is 0.294. The molecule has 0 aliphatic heterocycles. The lowest BCUT2D eigenvalue weighted by Crippen LogP contribution is -2.08. The van der Waals surface area contributed by atoms with E-state index in [9.17, 15) is 36.6 Å². The van der Waals surface area contributed by atoms with Gasteiger partial charge in [0, 0.05) is 40.7 Å². The van der Waals surface area contributed by atoms with Crippen LogP contribution < -0.4 is 4.74 Å². The van der Waals surface area contributed by atoms with Gasteiger partial charge in [-0.05, 0) is 81.0 Å². The number of aromatic nitrogens is 1. The van der Waals surface area contributed by atoms with Crippen molar-refractivity contribution in [2.75, 3.05) is 6.61 Å². The van der Waals surface area contributed by atoms with Gasteiger partial charge in [-0.2, -0.15) is 0 Å². The number of aliphatic carboxylic acids is 2. The first-order chi connectivity index (χ1) is 21.9. The molecule has 0 fully saturated rings. The van der Waals surface area contributed by atoms with E-state index in [1.54, 1.807) is 35.8 Å². The molecule has 0 bridgehead atoms. The van der Waals surface area contributed by atoms with Crippen LogP contribution in [0.4, 0.5) is 26.3 Å². The number of hydrogen-bond acceptors (Lipinski definition) is 3. The predicted octanol–water partition coefficient (Wildman–Crippen LogP) is 7.47. The van der Waals surface area contributed by atoms with Crippen molar-refractivity contribution in [3.63, 3.8) is 0 Å². The van der Waals surface area contributed by atoms with Gasteiger partial charge in [0.15, 0.2) is 23.3 Å². The fourth-order valence-electron chi connectivity index (χ4n) is 5.19. The smallest absolute Gasteiger partial charge is 0.305 e. The first-order valence-corrected chi connectivity index (χ1v) is 14.4. The van der Waals surface area contributed by atoms with Gasteiger partial charge in [0.05, 0.1) is 18.5 Å². The molecule has 2 N–H and O–H groups in total. The number of benzene rings is 3. The first-order valence-electron chi connectivity index (χ1n) is 14.4. The topological polar surface area (TPSA) is 88.8 Å². The Hall–Kier alpha value is -4.92. The van der Waals surface area contributed by atoms with Crippen molar-refractivity contribution in [2.24, 2.45) is 0 Å². The van der Waals surface area contributed by atoms with E-state index in [0.29, 0.717) is 40.1 Å². The predicted molar refractivity (Wildman–Crippen MR) is 157 cm³/mol. The molecule has 0 unspecified atom stereocenters. The number of carboxylic acids is 2. The third-order valence-electron chi connectivity index (χ3n) is 7.49. The van der Waals surface area contributed by atoms with E-state index < -0.39 is 52.4 Å². The molecule has 4 aromatic rings. The largest absolute Gasteiger partial charge is 0.494 e. The van der Waals surface area contributed by atoms with E-state index in [2.05, 4.69) is 11.8 Å².